The van der Waals surface area contributed by atoms with E-state index in [2.05, 4.69) is 30.5 Å². The van der Waals surface area contributed by atoms with Crippen LogP contribution in [0.5, 0.6) is 0 Å². The molecule has 2 amide bonds. The van der Waals surface area contributed by atoms with Crippen LogP contribution >= 0.6 is 0 Å². The summed E-state index contributed by atoms with van der Waals surface area (Å²) in [6.45, 7) is 2.20. The number of amides is 2. The number of imide groups is 1. The molecule has 3 aliphatic rings. The van der Waals surface area contributed by atoms with Crippen molar-refractivity contribution in [1.82, 2.24) is 24.6 Å². The van der Waals surface area contributed by atoms with Gasteiger partial charge in [0, 0.05) is 55.9 Å². The molecule has 0 bridgehead atoms. The van der Waals surface area contributed by atoms with Crippen molar-refractivity contribution in [2.45, 2.75) is 56.9 Å². The van der Waals surface area contributed by atoms with Crippen molar-refractivity contribution in [2.24, 2.45) is 5.92 Å². The Morgan fingerprint density at radius 1 is 0.978 bits per heavy atom. The molecule has 3 N–H and O–H groups in total. The van der Waals surface area contributed by atoms with E-state index in [9.17, 15) is 31.6 Å². The maximum absolute atomic E-state index is 13.3. The summed E-state index contributed by atoms with van der Waals surface area (Å²) >= 11 is 0. The van der Waals surface area contributed by atoms with Gasteiger partial charge in [0.25, 0.3) is 12.0 Å². The molecule has 1 unspecified atom stereocenters. The van der Waals surface area contributed by atoms with Crippen LogP contribution in [0.1, 0.15) is 62.0 Å². The third-order valence-corrected chi connectivity index (χ3v) is 11.0. The van der Waals surface area contributed by atoms with E-state index >= 15 is 0 Å². The van der Waals surface area contributed by atoms with E-state index in [0.29, 0.717) is 44.2 Å². The van der Waals surface area contributed by atoms with E-state index in [1.165, 1.54) is 6.20 Å². The number of carbonyl (C=O) groups is 2. The van der Waals surface area contributed by atoms with Crippen LogP contribution in [0.25, 0.3) is 11.0 Å². The second kappa shape index (κ2) is 12.8. The fraction of sp³-hybridized carbons (Fsp3) is 0.500. The monoisotopic (exact) mass is 643 g/mol. The van der Waals surface area contributed by atoms with Gasteiger partial charge in [-0.1, -0.05) is 12.1 Å². The second-order valence-electron chi connectivity index (χ2n) is 12.0. The molecular formula is C30H35F2N7O5S. The van der Waals surface area contributed by atoms with Gasteiger partial charge in [-0.15, -0.1) is 0 Å². The summed E-state index contributed by atoms with van der Waals surface area (Å²) in [5.74, 6) is -0.407. The number of piperidine rings is 3. The van der Waals surface area contributed by atoms with Crippen LogP contribution < -0.4 is 21.1 Å². The van der Waals surface area contributed by atoms with Crippen molar-refractivity contribution in [3.05, 3.63) is 58.0 Å². The number of anilines is 2. The van der Waals surface area contributed by atoms with Crippen LogP contribution in [0.2, 0.25) is 0 Å². The molecule has 240 valence electrons. The quantitative estimate of drug-likeness (QED) is 0.314. The molecule has 0 aliphatic carbocycles. The van der Waals surface area contributed by atoms with Crippen LogP contribution in [0.4, 0.5) is 20.4 Å². The highest BCUT2D eigenvalue weighted by atomic mass is 32.2. The molecule has 3 aliphatic heterocycles. The van der Waals surface area contributed by atoms with Crippen molar-refractivity contribution >= 4 is 44.5 Å². The van der Waals surface area contributed by atoms with E-state index in [1.807, 2.05) is 24.3 Å². The first-order valence-corrected chi connectivity index (χ1v) is 16.8. The zero-order valence-corrected chi connectivity index (χ0v) is 25.4. The Hall–Kier alpha value is -3.98. The number of sulfonamides is 1. The normalized spacial score (nSPS) is 21.0. The lowest BCUT2D eigenvalue weighted by Crippen LogP contribution is -2.45. The predicted molar refractivity (Wildman–Crippen MR) is 164 cm³/mol. The van der Waals surface area contributed by atoms with Crippen molar-refractivity contribution in [1.29, 1.82) is 0 Å². The largest absolute Gasteiger partial charge is 0.372 e. The van der Waals surface area contributed by atoms with Crippen LogP contribution in [0.3, 0.4) is 0 Å². The molecular weight excluding hydrogens is 608 g/mol. The molecule has 2 aromatic heterocycles. The number of H-pyrrole nitrogens is 1. The highest BCUT2D eigenvalue weighted by molar-refractivity contribution is 7.89. The predicted octanol–water partition coefficient (Wildman–Crippen LogP) is 2.90. The summed E-state index contributed by atoms with van der Waals surface area (Å²) < 4.78 is 54.1. The maximum Gasteiger partial charge on any atom is 0.269 e. The van der Waals surface area contributed by atoms with Gasteiger partial charge in [-0.05, 0) is 61.8 Å². The molecule has 1 aromatic carbocycles. The smallest absolute Gasteiger partial charge is 0.269 e. The SMILES string of the molecule is O=C1CCC(c2ccc(N3CCC(CS(=O)(=O)N4CCC(Nc5ncc6cc(C(F)F)c(=O)[nH]c6n5)CC4)CC3)cc2)C(=O)N1. The number of pyridine rings is 1. The van der Waals surface area contributed by atoms with Crippen LogP contribution in [0, 0.1) is 5.92 Å². The first-order valence-electron chi connectivity index (χ1n) is 15.2. The summed E-state index contributed by atoms with van der Waals surface area (Å²) in [7, 11) is -3.44. The lowest BCUT2D eigenvalue weighted by Gasteiger charge is -2.36. The van der Waals surface area contributed by atoms with E-state index in [0.717, 1.165) is 43.2 Å². The fourth-order valence-electron chi connectivity index (χ4n) is 6.39. The van der Waals surface area contributed by atoms with Crippen LogP contribution in [-0.2, 0) is 19.6 Å². The molecule has 6 rings (SSSR count). The van der Waals surface area contributed by atoms with Crippen LogP contribution in [0.15, 0.2) is 41.3 Å². The Morgan fingerprint density at radius 3 is 2.36 bits per heavy atom. The minimum absolute atomic E-state index is 0.0589. The fourth-order valence-corrected chi connectivity index (χ4v) is 8.30. The average Bonchev–Trinajstić information content (AvgIpc) is 3.01. The molecule has 45 heavy (non-hydrogen) atoms. The third kappa shape index (κ3) is 6.98. The highest BCUT2D eigenvalue weighted by Crippen LogP contribution is 2.30. The second-order valence-corrected chi connectivity index (χ2v) is 14.0. The summed E-state index contributed by atoms with van der Waals surface area (Å²) in [4.78, 5) is 48.6. The lowest BCUT2D eigenvalue weighted by molar-refractivity contribution is -0.134. The van der Waals surface area contributed by atoms with Crippen molar-refractivity contribution in [3.8, 4) is 0 Å². The van der Waals surface area contributed by atoms with Gasteiger partial charge in [0.05, 0.1) is 17.2 Å². The van der Waals surface area contributed by atoms with Gasteiger partial charge in [0.2, 0.25) is 27.8 Å². The van der Waals surface area contributed by atoms with Gasteiger partial charge in [-0.2, -0.15) is 4.98 Å². The Bertz CT molecular complexity index is 1740. The molecule has 3 aromatic rings. The molecule has 3 saturated heterocycles. The number of nitrogens with zero attached hydrogens (tertiary/aromatic N) is 4. The first-order chi connectivity index (χ1) is 21.6. The van der Waals surface area contributed by atoms with Gasteiger partial charge in [-0.3, -0.25) is 19.7 Å². The molecule has 15 heteroatoms. The minimum atomic E-state index is -3.44. The molecule has 3 fully saturated rings. The topological polar surface area (TPSA) is 157 Å². The van der Waals surface area contributed by atoms with Crippen molar-refractivity contribution in [3.63, 3.8) is 0 Å². The summed E-state index contributed by atoms with van der Waals surface area (Å²) in [5.41, 5.74) is 0.533. The van der Waals surface area contributed by atoms with Gasteiger partial charge in [0.15, 0.2) is 0 Å². The molecule has 0 radical (unpaired) electrons. The number of fused-ring (bicyclic) bond motifs is 1. The lowest BCUT2D eigenvalue weighted by atomic mass is 9.90. The standard InChI is InChI=1S/C30H35F2N7O5S/c31-26(32)24-15-20-16-33-30(37-27(20)36-29(24)42)34-21-9-13-39(14-10-21)45(43,44)17-18-7-11-38(12-8-18)22-3-1-19(2-4-22)23-5-6-25(40)35-28(23)41/h1-4,15-16,18,21,23,26H,5-14,17H2,(H,35,40,41)(H2,33,34,36,37,42). The average molecular weight is 644 g/mol. The van der Waals surface area contributed by atoms with Gasteiger partial charge >= 0.3 is 0 Å². The third-order valence-electron chi connectivity index (χ3n) is 9.00. The number of alkyl halides is 2. The number of rotatable bonds is 8. The number of benzene rings is 1. The number of nitrogens with one attached hydrogen (secondary N) is 3. The molecule has 0 spiro atoms. The first kappa shape index (κ1) is 31.0. The van der Waals surface area contributed by atoms with E-state index < -0.39 is 27.6 Å². The Morgan fingerprint density at radius 2 is 1.69 bits per heavy atom. The van der Waals surface area contributed by atoms with Crippen LogP contribution in [-0.4, -0.2) is 77.5 Å². The van der Waals surface area contributed by atoms with E-state index in [4.69, 9.17) is 0 Å². The summed E-state index contributed by atoms with van der Waals surface area (Å²) in [5, 5.41) is 5.87. The zero-order chi connectivity index (χ0) is 31.7. The molecule has 0 saturated carbocycles. The summed E-state index contributed by atoms with van der Waals surface area (Å²) in [6.07, 6.45) is 1.93. The number of hydrogen-bond acceptors (Lipinski definition) is 9. The molecule has 12 nitrogen and oxygen atoms in total. The number of aromatic nitrogens is 3. The number of halogens is 2. The van der Waals surface area contributed by atoms with Gasteiger partial charge < -0.3 is 15.2 Å². The van der Waals surface area contributed by atoms with Crippen molar-refractivity contribution < 1.29 is 26.8 Å². The number of hydrogen-bond donors (Lipinski definition) is 3. The van der Waals surface area contributed by atoms with E-state index in [1.54, 1.807) is 4.31 Å². The van der Waals surface area contributed by atoms with Crippen molar-refractivity contribution in [2.75, 3.05) is 42.1 Å². The maximum atomic E-state index is 13.3. The Kier molecular flexibility index (Phi) is 8.82. The van der Waals surface area contributed by atoms with Gasteiger partial charge in [-0.25, -0.2) is 26.5 Å². The van der Waals surface area contributed by atoms with E-state index in [-0.39, 0.29) is 47.0 Å². The number of aromatic amines is 1. The zero-order valence-electron chi connectivity index (χ0n) is 24.5. The van der Waals surface area contributed by atoms with Gasteiger partial charge in [0.1, 0.15) is 5.65 Å². The molecule has 1 atom stereocenters. The molecule has 5 heterocycles. The highest BCUT2D eigenvalue weighted by Gasteiger charge is 2.32. The Balaban J connectivity index is 0.973. The summed E-state index contributed by atoms with van der Waals surface area (Å²) in [6, 6.07) is 8.84. The number of carbonyl (C=O) groups excluding carboxylic acids is 2. The minimum Gasteiger partial charge on any atom is -0.372 e. The Labute approximate surface area is 258 Å².